The van der Waals surface area contributed by atoms with Gasteiger partial charge >= 0.3 is 0 Å². The Labute approximate surface area is 92.9 Å². The molecule has 0 saturated heterocycles. The Balaban J connectivity index is 2.52. The molecule has 0 saturated carbocycles. The summed E-state index contributed by atoms with van der Waals surface area (Å²) in [6, 6.07) is 0. The Hall–Kier alpha value is -0.830. The van der Waals surface area contributed by atoms with E-state index in [9.17, 15) is 0 Å². The molecule has 0 aliphatic heterocycles. The molecular formula is C12H23N3. The number of aromatic nitrogens is 2. The molecule has 0 bridgehead atoms. The van der Waals surface area contributed by atoms with Crippen molar-refractivity contribution in [3.63, 3.8) is 0 Å². The first-order valence-corrected chi connectivity index (χ1v) is 5.87. The standard InChI is InChI=1S/C12H23N3/c1-5-13-8-12-9-15(14-11(12)4)7-6-10(2)3/h9-10,13H,5-8H2,1-4H3. The maximum Gasteiger partial charge on any atom is 0.0638 e. The molecule has 0 aliphatic carbocycles. The minimum Gasteiger partial charge on any atom is -0.313 e. The Morgan fingerprint density at radius 2 is 2.20 bits per heavy atom. The van der Waals surface area contributed by atoms with Crippen LogP contribution in [-0.2, 0) is 13.1 Å². The number of nitrogens with one attached hydrogen (secondary N) is 1. The van der Waals surface area contributed by atoms with Crippen LogP contribution in [0.2, 0.25) is 0 Å². The van der Waals surface area contributed by atoms with Gasteiger partial charge in [-0.3, -0.25) is 4.68 Å². The highest BCUT2D eigenvalue weighted by Gasteiger charge is 2.04. The van der Waals surface area contributed by atoms with E-state index < -0.39 is 0 Å². The lowest BCUT2D eigenvalue weighted by atomic mass is 10.1. The van der Waals surface area contributed by atoms with Crippen molar-refractivity contribution in [1.29, 1.82) is 0 Å². The highest BCUT2D eigenvalue weighted by atomic mass is 15.3. The molecule has 0 aliphatic rings. The van der Waals surface area contributed by atoms with E-state index in [2.05, 4.69) is 49.0 Å². The summed E-state index contributed by atoms with van der Waals surface area (Å²) in [5.41, 5.74) is 2.47. The summed E-state index contributed by atoms with van der Waals surface area (Å²) >= 11 is 0. The van der Waals surface area contributed by atoms with E-state index in [0.717, 1.165) is 31.2 Å². The number of hydrogen-bond acceptors (Lipinski definition) is 2. The van der Waals surface area contributed by atoms with Gasteiger partial charge in [-0.05, 0) is 25.8 Å². The second-order valence-electron chi connectivity index (χ2n) is 4.47. The predicted molar refractivity (Wildman–Crippen MR) is 63.8 cm³/mol. The molecule has 0 unspecified atom stereocenters. The highest BCUT2D eigenvalue weighted by molar-refractivity contribution is 5.14. The number of nitrogens with zero attached hydrogens (tertiary/aromatic N) is 2. The van der Waals surface area contributed by atoms with Crippen molar-refractivity contribution in [1.82, 2.24) is 15.1 Å². The maximum absolute atomic E-state index is 4.51. The maximum atomic E-state index is 4.51. The van der Waals surface area contributed by atoms with Crippen molar-refractivity contribution in [3.8, 4) is 0 Å². The van der Waals surface area contributed by atoms with Crippen LogP contribution in [0.5, 0.6) is 0 Å². The average Bonchev–Trinajstić information content (AvgIpc) is 2.53. The van der Waals surface area contributed by atoms with Crippen molar-refractivity contribution in [2.45, 2.75) is 47.2 Å². The summed E-state index contributed by atoms with van der Waals surface area (Å²) in [6.45, 7) is 11.7. The second-order valence-corrected chi connectivity index (χ2v) is 4.47. The van der Waals surface area contributed by atoms with Crippen LogP contribution in [0.1, 0.15) is 38.4 Å². The van der Waals surface area contributed by atoms with E-state index in [0.29, 0.717) is 0 Å². The van der Waals surface area contributed by atoms with Crippen LogP contribution in [0, 0.1) is 12.8 Å². The van der Waals surface area contributed by atoms with Gasteiger partial charge in [0.1, 0.15) is 0 Å². The van der Waals surface area contributed by atoms with E-state index in [1.165, 1.54) is 12.0 Å². The molecule has 0 spiro atoms. The smallest absolute Gasteiger partial charge is 0.0638 e. The van der Waals surface area contributed by atoms with Crippen LogP contribution in [0.4, 0.5) is 0 Å². The van der Waals surface area contributed by atoms with Gasteiger partial charge in [0, 0.05) is 24.8 Å². The minimum absolute atomic E-state index is 0.742. The first-order chi connectivity index (χ1) is 7.13. The zero-order valence-corrected chi connectivity index (χ0v) is 10.4. The lowest BCUT2D eigenvalue weighted by molar-refractivity contribution is 0.485. The van der Waals surface area contributed by atoms with Gasteiger partial charge in [0.15, 0.2) is 0 Å². The van der Waals surface area contributed by atoms with E-state index >= 15 is 0 Å². The molecule has 0 aromatic carbocycles. The molecule has 1 heterocycles. The summed E-state index contributed by atoms with van der Waals surface area (Å²) < 4.78 is 2.07. The van der Waals surface area contributed by atoms with Crippen LogP contribution >= 0.6 is 0 Å². The third-order valence-electron chi connectivity index (χ3n) is 2.55. The molecule has 1 N–H and O–H groups in total. The molecule has 86 valence electrons. The van der Waals surface area contributed by atoms with E-state index in [-0.39, 0.29) is 0 Å². The molecule has 3 heteroatoms. The summed E-state index contributed by atoms with van der Waals surface area (Å²) in [6.07, 6.45) is 3.36. The third-order valence-corrected chi connectivity index (χ3v) is 2.55. The van der Waals surface area contributed by atoms with Crippen LogP contribution in [0.25, 0.3) is 0 Å². The minimum atomic E-state index is 0.742. The van der Waals surface area contributed by atoms with Crippen LogP contribution in [-0.4, -0.2) is 16.3 Å². The van der Waals surface area contributed by atoms with Crippen molar-refractivity contribution in [3.05, 3.63) is 17.5 Å². The molecule has 1 aromatic rings. The molecule has 1 rings (SSSR count). The van der Waals surface area contributed by atoms with Crippen molar-refractivity contribution in [2.24, 2.45) is 5.92 Å². The first-order valence-electron chi connectivity index (χ1n) is 5.87. The van der Waals surface area contributed by atoms with Gasteiger partial charge in [-0.25, -0.2) is 0 Å². The van der Waals surface area contributed by atoms with Gasteiger partial charge in [0.05, 0.1) is 5.69 Å². The van der Waals surface area contributed by atoms with E-state index in [4.69, 9.17) is 0 Å². The zero-order valence-electron chi connectivity index (χ0n) is 10.4. The van der Waals surface area contributed by atoms with Gasteiger partial charge in [-0.1, -0.05) is 20.8 Å². The summed E-state index contributed by atoms with van der Waals surface area (Å²) in [5.74, 6) is 0.742. The fourth-order valence-electron chi connectivity index (χ4n) is 1.50. The first kappa shape index (κ1) is 12.2. The molecule has 0 atom stereocenters. The largest absolute Gasteiger partial charge is 0.313 e. The monoisotopic (exact) mass is 209 g/mol. The Morgan fingerprint density at radius 1 is 1.47 bits per heavy atom. The summed E-state index contributed by atoms with van der Waals surface area (Å²) in [7, 11) is 0. The summed E-state index contributed by atoms with van der Waals surface area (Å²) in [5, 5.41) is 7.84. The molecule has 3 nitrogen and oxygen atoms in total. The van der Waals surface area contributed by atoms with E-state index in [1.807, 2.05) is 0 Å². The van der Waals surface area contributed by atoms with Crippen molar-refractivity contribution in [2.75, 3.05) is 6.54 Å². The van der Waals surface area contributed by atoms with Gasteiger partial charge in [0.25, 0.3) is 0 Å². The van der Waals surface area contributed by atoms with Crippen LogP contribution in [0.15, 0.2) is 6.20 Å². The fraction of sp³-hybridized carbons (Fsp3) is 0.750. The van der Waals surface area contributed by atoms with Gasteiger partial charge < -0.3 is 5.32 Å². The molecule has 0 amide bonds. The molecule has 0 radical (unpaired) electrons. The predicted octanol–water partition coefficient (Wildman–Crippen LogP) is 2.35. The summed E-state index contributed by atoms with van der Waals surface area (Å²) in [4.78, 5) is 0. The fourth-order valence-corrected chi connectivity index (χ4v) is 1.50. The van der Waals surface area contributed by atoms with Gasteiger partial charge in [-0.2, -0.15) is 5.10 Å². The highest BCUT2D eigenvalue weighted by Crippen LogP contribution is 2.08. The molecule has 0 fully saturated rings. The van der Waals surface area contributed by atoms with Gasteiger partial charge in [-0.15, -0.1) is 0 Å². The molecule has 1 aromatic heterocycles. The lowest BCUT2D eigenvalue weighted by Crippen LogP contribution is -2.11. The molecule has 15 heavy (non-hydrogen) atoms. The van der Waals surface area contributed by atoms with E-state index in [1.54, 1.807) is 0 Å². The van der Waals surface area contributed by atoms with Crippen LogP contribution < -0.4 is 5.32 Å². The quantitative estimate of drug-likeness (QED) is 0.779. The Kier molecular flexibility index (Phi) is 4.82. The number of rotatable bonds is 6. The van der Waals surface area contributed by atoms with Crippen LogP contribution in [0.3, 0.4) is 0 Å². The second kappa shape index (κ2) is 5.91. The topological polar surface area (TPSA) is 29.9 Å². The number of aryl methyl sites for hydroxylation is 2. The Bertz CT molecular complexity index is 289. The number of hydrogen-bond donors (Lipinski definition) is 1. The normalized spacial score (nSPS) is 11.3. The van der Waals surface area contributed by atoms with Gasteiger partial charge in [0.2, 0.25) is 0 Å². The third kappa shape index (κ3) is 4.04. The average molecular weight is 209 g/mol. The van der Waals surface area contributed by atoms with Crippen molar-refractivity contribution >= 4 is 0 Å². The zero-order chi connectivity index (χ0) is 11.3. The Morgan fingerprint density at radius 3 is 2.80 bits per heavy atom. The SMILES string of the molecule is CCNCc1cn(CCC(C)C)nc1C. The molecular weight excluding hydrogens is 186 g/mol. The van der Waals surface area contributed by atoms with Crippen molar-refractivity contribution < 1.29 is 0 Å². The lowest BCUT2D eigenvalue weighted by Gasteiger charge is -2.03.